The van der Waals surface area contributed by atoms with Crippen molar-refractivity contribution in [1.82, 2.24) is 5.32 Å². The first-order valence-electron chi connectivity index (χ1n) is 10.1. The van der Waals surface area contributed by atoms with E-state index in [0.717, 1.165) is 10.5 Å². The molecule has 1 fully saturated rings. The molecule has 166 valence electrons. The van der Waals surface area contributed by atoms with Gasteiger partial charge >= 0.3 is 6.03 Å². The van der Waals surface area contributed by atoms with Crippen LogP contribution in [0.3, 0.4) is 0 Å². The standard InChI is InChI=1S/C24H23ClN2O5/c1-4-7-16-12-15(14-20(31-5-2)21(16)32-6-3)13-19-22(28)26-24(30)27(23(19)29)18-10-8-17(25)9-11-18/h4,8-14H,1,5-7H2,2-3H3,(H,26,28,30)/b19-13+. The Bertz CT molecular complexity index is 1090. The molecule has 1 saturated heterocycles. The van der Waals surface area contributed by atoms with Crippen LogP contribution in [0.15, 0.2) is 54.6 Å². The predicted octanol–water partition coefficient (Wildman–Crippen LogP) is 4.53. The molecule has 4 amide bonds. The first kappa shape index (κ1) is 23.1. The Morgan fingerprint density at radius 2 is 1.75 bits per heavy atom. The summed E-state index contributed by atoms with van der Waals surface area (Å²) < 4.78 is 11.5. The zero-order valence-electron chi connectivity index (χ0n) is 17.8. The molecule has 0 spiro atoms. The average Bonchev–Trinajstić information content (AvgIpc) is 2.75. The second kappa shape index (κ2) is 10.2. The van der Waals surface area contributed by atoms with Crippen molar-refractivity contribution in [3.8, 4) is 11.5 Å². The minimum atomic E-state index is -0.825. The van der Waals surface area contributed by atoms with Crippen molar-refractivity contribution in [2.24, 2.45) is 0 Å². The maximum absolute atomic E-state index is 13.1. The number of halogens is 1. The topological polar surface area (TPSA) is 84.9 Å². The van der Waals surface area contributed by atoms with Crippen LogP contribution >= 0.6 is 11.6 Å². The van der Waals surface area contributed by atoms with Crippen LogP contribution in [0.2, 0.25) is 5.02 Å². The van der Waals surface area contributed by atoms with Gasteiger partial charge in [0.1, 0.15) is 5.57 Å². The lowest BCUT2D eigenvalue weighted by Crippen LogP contribution is -2.54. The summed E-state index contributed by atoms with van der Waals surface area (Å²) in [5.74, 6) is -0.427. The molecule has 0 aliphatic carbocycles. The molecule has 0 bridgehead atoms. The lowest BCUT2D eigenvalue weighted by atomic mass is 10.0. The fourth-order valence-corrected chi connectivity index (χ4v) is 3.42. The van der Waals surface area contributed by atoms with Crippen molar-refractivity contribution < 1.29 is 23.9 Å². The molecular weight excluding hydrogens is 432 g/mol. The van der Waals surface area contributed by atoms with Gasteiger partial charge in [-0.25, -0.2) is 9.69 Å². The van der Waals surface area contributed by atoms with Crippen LogP contribution in [0.5, 0.6) is 11.5 Å². The fraction of sp³-hybridized carbons (Fsp3) is 0.208. The summed E-state index contributed by atoms with van der Waals surface area (Å²) in [4.78, 5) is 38.9. The summed E-state index contributed by atoms with van der Waals surface area (Å²) in [6.07, 6.45) is 3.66. The Labute approximate surface area is 191 Å². The second-order valence-electron chi connectivity index (χ2n) is 6.80. The Morgan fingerprint density at radius 3 is 2.38 bits per heavy atom. The number of carbonyl (C=O) groups is 3. The van der Waals surface area contributed by atoms with Crippen molar-refractivity contribution in [3.63, 3.8) is 0 Å². The molecule has 2 aromatic rings. The third-order valence-electron chi connectivity index (χ3n) is 4.60. The maximum Gasteiger partial charge on any atom is 0.335 e. The third kappa shape index (κ3) is 4.84. The van der Waals surface area contributed by atoms with Gasteiger partial charge in [0, 0.05) is 10.6 Å². The van der Waals surface area contributed by atoms with Crippen LogP contribution in [-0.2, 0) is 16.0 Å². The SMILES string of the molecule is C=CCc1cc(/C=C2\C(=O)NC(=O)N(c3ccc(Cl)cc3)C2=O)cc(OCC)c1OCC. The van der Waals surface area contributed by atoms with Gasteiger partial charge in [0.2, 0.25) is 0 Å². The number of nitrogens with one attached hydrogen (secondary N) is 1. The van der Waals surface area contributed by atoms with Crippen molar-refractivity contribution in [3.05, 3.63) is 70.8 Å². The summed E-state index contributed by atoms with van der Waals surface area (Å²) in [7, 11) is 0. The summed E-state index contributed by atoms with van der Waals surface area (Å²) in [6, 6.07) is 8.83. The quantitative estimate of drug-likeness (QED) is 0.360. The van der Waals surface area contributed by atoms with E-state index in [0.29, 0.717) is 47.4 Å². The average molecular weight is 455 g/mol. The van der Waals surface area contributed by atoms with Gasteiger partial charge in [0.15, 0.2) is 11.5 Å². The van der Waals surface area contributed by atoms with Gasteiger partial charge in [-0.05, 0) is 68.3 Å². The van der Waals surface area contributed by atoms with Gasteiger partial charge in [-0.3, -0.25) is 14.9 Å². The third-order valence-corrected chi connectivity index (χ3v) is 4.86. The molecule has 3 rings (SSSR count). The monoisotopic (exact) mass is 454 g/mol. The van der Waals surface area contributed by atoms with E-state index in [1.54, 1.807) is 30.3 Å². The van der Waals surface area contributed by atoms with Crippen LogP contribution in [0.25, 0.3) is 6.08 Å². The molecule has 0 saturated carbocycles. The number of anilines is 1. The van der Waals surface area contributed by atoms with E-state index >= 15 is 0 Å². The Hall–Kier alpha value is -3.58. The summed E-state index contributed by atoms with van der Waals surface area (Å²) in [5.41, 5.74) is 1.46. The highest BCUT2D eigenvalue weighted by Gasteiger charge is 2.36. The molecule has 1 N–H and O–H groups in total. The van der Waals surface area contributed by atoms with E-state index < -0.39 is 17.8 Å². The molecule has 0 aromatic heterocycles. The van der Waals surface area contributed by atoms with Crippen molar-refractivity contribution >= 4 is 41.2 Å². The van der Waals surface area contributed by atoms with Gasteiger partial charge in [-0.15, -0.1) is 6.58 Å². The maximum atomic E-state index is 13.1. The lowest BCUT2D eigenvalue weighted by Gasteiger charge is -2.26. The molecule has 8 heteroatoms. The number of carbonyl (C=O) groups excluding carboxylic acids is 3. The van der Waals surface area contributed by atoms with Crippen molar-refractivity contribution in [2.75, 3.05) is 18.1 Å². The second-order valence-corrected chi connectivity index (χ2v) is 7.24. The van der Waals surface area contributed by atoms with Crippen LogP contribution in [-0.4, -0.2) is 31.1 Å². The molecular formula is C24H23ClN2O5. The lowest BCUT2D eigenvalue weighted by molar-refractivity contribution is -0.122. The number of hydrogen-bond acceptors (Lipinski definition) is 5. The van der Waals surface area contributed by atoms with Gasteiger partial charge in [-0.2, -0.15) is 0 Å². The molecule has 0 radical (unpaired) electrons. The first-order chi connectivity index (χ1) is 15.4. The minimum Gasteiger partial charge on any atom is -0.490 e. The fourth-order valence-electron chi connectivity index (χ4n) is 3.29. The van der Waals surface area contributed by atoms with Crippen molar-refractivity contribution in [1.29, 1.82) is 0 Å². The van der Waals surface area contributed by atoms with Gasteiger partial charge in [-0.1, -0.05) is 17.7 Å². The Kier molecular flexibility index (Phi) is 7.33. The smallest absolute Gasteiger partial charge is 0.335 e. The normalized spacial score (nSPS) is 15.0. The minimum absolute atomic E-state index is 0.185. The van der Waals surface area contributed by atoms with Crippen LogP contribution in [0.4, 0.5) is 10.5 Å². The molecule has 1 aliphatic heterocycles. The zero-order chi connectivity index (χ0) is 23.3. The largest absolute Gasteiger partial charge is 0.490 e. The highest BCUT2D eigenvalue weighted by Crippen LogP contribution is 2.35. The summed E-state index contributed by atoms with van der Waals surface area (Å²) in [6.45, 7) is 8.35. The molecule has 7 nitrogen and oxygen atoms in total. The number of ether oxygens (including phenoxy) is 2. The molecule has 0 atom stereocenters. The van der Waals surface area contributed by atoms with E-state index in [2.05, 4.69) is 11.9 Å². The van der Waals surface area contributed by atoms with E-state index in [-0.39, 0.29) is 5.57 Å². The molecule has 2 aromatic carbocycles. The predicted molar refractivity (Wildman–Crippen MR) is 123 cm³/mol. The highest BCUT2D eigenvalue weighted by atomic mass is 35.5. The molecule has 1 heterocycles. The van der Waals surface area contributed by atoms with E-state index in [4.69, 9.17) is 21.1 Å². The number of amides is 4. The van der Waals surface area contributed by atoms with E-state index in [9.17, 15) is 14.4 Å². The van der Waals surface area contributed by atoms with Crippen LogP contribution in [0, 0.1) is 0 Å². The number of imide groups is 2. The number of urea groups is 1. The number of allylic oxidation sites excluding steroid dienone is 1. The summed E-state index contributed by atoms with van der Waals surface area (Å²) >= 11 is 5.90. The molecule has 1 aliphatic rings. The van der Waals surface area contributed by atoms with Gasteiger partial charge in [0.25, 0.3) is 11.8 Å². The first-order valence-corrected chi connectivity index (χ1v) is 10.5. The highest BCUT2D eigenvalue weighted by molar-refractivity contribution is 6.39. The number of benzene rings is 2. The molecule has 0 unspecified atom stereocenters. The van der Waals surface area contributed by atoms with Crippen LogP contribution < -0.4 is 19.7 Å². The number of rotatable bonds is 8. The van der Waals surface area contributed by atoms with E-state index in [1.807, 2.05) is 13.8 Å². The van der Waals surface area contributed by atoms with E-state index in [1.165, 1.54) is 18.2 Å². The van der Waals surface area contributed by atoms with Gasteiger partial charge in [0.05, 0.1) is 18.9 Å². The summed E-state index contributed by atoms with van der Waals surface area (Å²) in [5, 5.41) is 2.66. The number of hydrogen-bond donors (Lipinski definition) is 1. The van der Waals surface area contributed by atoms with Gasteiger partial charge < -0.3 is 9.47 Å². The Balaban J connectivity index is 2.07. The Morgan fingerprint density at radius 1 is 1.06 bits per heavy atom. The van der Waals surface area contributed by atoms with Crippen molar-refractivity contribution in [2.45, 2.75) is 20.3 Å². The zero-order valence-corrected chi connectivity index (χ0v) is 18.6. The number of nitrogens with zero attached hydrogens (tertiary/aromatic N) is 1. The number of barbiturate groups is 1. The molecule has 32 heavy (non-hydrogen) atoms. The van der Waals surface area contributed by atoms with Crippen LogP contribution in [0.1, 0.15) is 25.0 Å².